The van der Waals surface area contributed by atoms with E-state index in [1.54, 1.807) is 24.3 Å². The van der Waals surface area contributed by atoms with Crippen molar-refractivity contribution < 1.29 is 39.2 Å². The second-order valence-electron chi connectivity index (χ2n) is 4.24. The predicted octanol–water partition coefficient (Wildman–Crippen LogP) is 2.49. The van der Waals surface area contributed by atoms with E-state index < -0.39 is 0 Å². The number of hydrogen-bond acceptors (Lipinski definition) is 5. The van der Waals surface area contributed by atoms with Gasteiger partial charge < -0.3 is 20.3 Å². The van der Waals surface area contributed by atoms with Gasteiger partial charge in [-0.1, -0.05) is 0 Å². The Bertz CT molecular complexity index is 614. The normalized spacial score (nSPS) is 9.57. The third kappa shape index (κ3) is 4.46. The molecule has 3 N–H and O–H groups in total. The number of anilines is 1. The van der Waals surface area contributed by atoms with Crippen LogP contribution in [0.5, 0.6) is 11.5 Å². The quantitative estimate of drug-likeness (QED) is 0.453. The first-order valence-electron chi connectivity index (χ1n) is 6.03. The molecule has 0 aliphatic carbocycles. The van der Waals surface area contributed by atoms with Gasteiger partial charge in [-0.3, -0.25) is 0 Å². The van der Waals surface area contributed by atoms with E-state index in [0.717, 1.165) is 5.69 Å². The number of methoxy groups -OCH3 is 1. The number of phenolic OH excluding ortho intramolecular Hbond substituents is 2. The first-order chi connectivity index (χ1) is 9.60. The Morgan fingerprint density at radius 2 is 1.81 bits per heavy atom. The molecular formula is C15H15NO4Zn. The summed E-state index contributed by atoms with van der Waals surface area (Å²) in [6.45, 7) is 0.359. The fraction of sp³-hybridized carbons (Fsp3) is 0.133. The van der Waals surface area contributed by atoms with E-state index in [4.69, 9.17) is 0 Å². The molecule has 2 aromatic rings. The van der Waals surface area contributed by atoms with Crippen LogP contribution in [-0.2, 0) is 30.8 Å². The Balaban J connectivity index is 0.00000220. The van der Waals surface area contributed by atoms with Crippen molar-refractivity contribution >= 4 is 11.7 Å². The van der Waals surface area contributed by atoms with Gasteiger partial charge in [0, 0.05) is 37.3 Å². The third-order valence-corrected chi connectivity index (χ3v) is 2.85. The van der Waals surface area contributed by atoms with Gasteiger partial charge in [0.2, 0.25) is 0 Å². The number of ether oxygens (including phenoxy) is 1. The molecule has 0 saturated carbocycles. The number of carbonyl (C=O) groups is 1. The van der Waals surface area contributed by atoms with E-state index in [1.807, 2.05) is 0 Å². The molecule has 0 aromatic heterocycles. The monoisotopic (exact) mass is 337 g/mol. The third-order valence-electron chi connectivity index (χ3n) is 2.85. The van der Waals surface area contributed by atoms with Gasteiger partial charge in [0.15, 0.2) is 0 Å². The van der Waals surface area contributed by atoms with Crippen LogP contribution in [0, 0.1) is 0 Å². The second-order valence-corrected chi connectivity index (χ2v) is 4.24. The van der Waals surface area contributed by atoms with E-state index in [9.17, 15) is 15.0 Å². The molecule has 0 radical (unpaired) electrons. The molecule has 0 heterocycles. The summed E-state index contributed by atoms with van der Waals surface area (Å²) in [6, 6.07) is 11.1. The fourth-order valence-corrected chi connectivity index (χ4v) is 1.75. The van der Waals surface area contributed by atoms with Gasteiger partial charge in [0.05, 0.1) is 12.7 Å². The SMILES string of the molecule is COC(=O)c1ccc(NCc2cc(O)ccc2O)cc1.[Zn]. The summed E-state index contributed by atoms with van der Waals surface area (Å²) in [5.74, 6) is -0.177. The van der Waals surface area contributed by atoms with Crippen LogP contribution < -0.4 is 5.32 Å². The summed E-state index contributed by atoms with van der Waals surface area (Å²) in [5, 5.41) is 22.1. The average molecular weight is 339 g/mol. The van der Waals surface area contributed by atoms with Gasteiger partial charge in [-0.05, 0) is 42.5 Å². The zero-order chi connectivity index (χ0) is 14.5. The number of rotatable bonds is 4. The smallest absolute Gasteiger partial charge is 0.337 e. The van der Waals surface area contributed by atoms with Crippen LogP contribution >= 0.6 is 0 Å². The average Bonchev–Trinajstić information content (AvgIpc) is 2.48. The number of esters is 1. The Morgan fingerprint density at radius 1 is 1.14 bits per heavy atom. The van der Waals surface area contributed by atoms with Crippen molar-refractivity contribution in [3.8, 4) is 11.5 Å². The maximum Gasteiger partial charge on any atom is 0.337 e. The Kier molecular flexibility index (Phi) is 6.18. The molecule has 0 aliphatic heterocycles. The summed E-state index contributed by atoms with van der Waals surface area (Å²) in [6.07, 6.45) is 0. The van der Waals surface area contributed by atoms with Crippen molar-refractivity contribution in [1.82, 2.24) is 0 Å². The molecule has 6 heteroatoms. The maximum atomic E-state index is 11.3. The molecule has 5 nitrogen and oxygen atoms in total. The molecule has 0 bridgehead atoms. The molecule has 2 rings (SSSR count). The van der Waals surface area contributed by atoms with Gasteiger partial charge >= 0.3 is 5.97 Å². The van der Waals surface area contributed by atoms with Gasteiger partial charge in [-0.15, -0.1) is 0 Å². The van der Waals surface area contributed by atoms with Crippen molar-refractivity contribution in [1.29, 1.82) is 0 Å². The Hall–Kier alpha value is -2.07. The van der Waals surface area contributed by atoms with Crippen LogP contribution in [0.25, 0.3) is 0 Å². The molecule has 0 spiro atoms. The van der Waals surface area contributed by atoms with E-state index >= 15 is 0 Å². The molecule has 0 unspecified atom stereocenters. The number of nitrogens with one attached hydrogen (secondary N) is 1. The number of benzene rings is 2. The molecule has 0 aliphatic rings. The molecule has 0 atom stereocenters. The van der Waals surface area contributed by atoms with Crippen molar-refractivity contribution in [3.05, 3.63) is 53.6 Å². The van der Waals surface area contributed by atoms with Crippen LogP contribution in [0.15, 0.2) is 42.5 Å². The summed E-state index contributed by atoms with van der Waals surface area (Å²) >= 11 is 0. The number of carbonyl (C=O) groups excluding carboxylic acids is 1. The van der Waals surface area contributed by atoms with Crippen LogP contribution in [0.2, 0.25) is 0 Å². The topological polar surface area (TPSA) is 78.8 Å². The van der Waals surface area contributed by atoms with Crippen molar-refractivity contribution in [3.63, 3.8) is 0 Å². The minimum absolute atomic E-state index is 0. The predicted molar refractivity (Wildman–Crippen MR) is 74.9 cm³/mol. The Morgan fingerprint density at radius 3 is 2.43 bits per heavy atom. The second kappa shape index (κ2) is 7.65. The molecule has 106 valence electrons. The van der Waals surface area contributed by atoms with E-state index in [2.05, 4.69) is 10.1 Å². The number of phenols is 2. The largest absolute Gasteiger partial charge is 0.508 e. The molecule has 0 amide bonds. The van der Waals surface area contributed by atoms with E-state index in [0.29, 0.717) is 17.7 Å². The first-order valence-corrected chi connectivity index (χ1v) is 6.03. The van der Waals surface area contributed by atoms with Crippen molar-refractivity contribution in [2.45, 2.75) is 6.54 Å². The minimum Gasteiger partial charge on any atom is -0.508 e. The summed E-state index contributed by atoms with van der Waals surface area (Å²) < 4.78 is 4.61. The first kappa shape index (κ1) is 17.0. The summed E-state index contributed by atoms with van der Waals surface area (Å²) in [5.41, 5.74) is 1.85. The summed E-state index contributed by atoms with van der Waals surface area (Å²) in [4.78, 5) is 11.3. The molecule has 21 heavy (non-hydrogen) atoms. The summed E-state index contributed by atoms with van der Waals surface area (Å²) in [7, 11) is 1.33. The van der Waals surface area contributed by atoms with Crippen molar-refractivity contribution in [2.24, 2.45) is 0 Å². The standard InChI is InChI=1S/C15H15NO4.Zn/c1-20-15(19)10-2-4-12(5-3-10)16-9-11-8-13(17)6-7-14(11)18;/h2-8,16-18H,9H2,1H3;. The minimum atomic E-state index is -0.387. The fourth-order valence-electron chi connectivity index (χ4n) is 1.75. The number of aromatic hydroxyl groups is 2. The van der Waals surface area contributed by atoms with Crippen LogP contribution in [0.1, 0.15) is 15.9 Å². The number of hydrogen-bond donors (Lipinski definition) is 3. The molecule has 0 fully saturated rings. The Labute approximate surface area is 135 Å². The molecular weight excluding hydrogens is 324 g/mol. The zero-order valence-electron chi connectivity index (χ0n) is 11.7. The molecule has 0 saturated heterocycles. The van der Waals surface area contributed by atoms with Gasteiger partial charge in [0.25, 0.3) is 0 Å². The van der Waals surface area contributed by atoms with Gasteiger partial charge in [0.1, 0.15) is 11.5 Å². The van der Waals surface area contributed by atoms with Gasteiger partial charge in [-0.25, -0.2) is 4.79 Å². The van der Waals surface area contributed by atoms with Crippen molar-refractivity contribution in [2.75, 3.05) is 12.4 Å². The van der Waals surface area contributed by atoms with Crippen LogP contribution in [-0.4, -0.2) is 23.3 Å². The van der Waals surface area contributed by atoms with Gasteiger partial charge in [-0.2, -0.15) is 0 Å². The van der Waals surface area contributed by atoms with E-state index in [1.165, 1.54) is 25.3 Å². The van der Waals surface area contributed by atoms with Crippen LogP contribution in [0.4, 0.5) is 5.69 Å². The van der Waals surface area contributed by atoms with Crippen LogP contribution in [0.3, 0.4) is 0 Å². The maximum absolute atomic E-state index is 11.3. The molecule has 2 aromatic carbocycles. The van der Waals surface area contributed by atoms with E-state index in [-0.39, 0.29) is 36.9 Å². The zero-order valence-corrected chi connectivity index (χ0v) is 14.6.